The summed E-state index contributed by atoms with van der Waals surface area (Å²) in [5.74, 6) is -2.55. The smallest absolute Gasteiger partial charge is 0.255 e. The second-order valence-electron chi connectivity index (χ2n) is 4.64. The van der Waals surface area contributed by atoms with Crippen molar-refractivity contribution in [3.8, 4) is 0 Å². The molecular weight excluding hydrogens is 314 g/mol. The van der Waals surface area contributed by atoms with Crippen LogP contribution in [0.2, 0.25) is 0 Å². The lowest BCUT2D eigenvalue weighted by Crippen LogP contribution is -2.16. The molecule has 3 N–H and O–H groups in total. The summed E-state index contributed by atoms with van der Waals surface area (Å²) < 4.78 is 49.0. The summed E-state index contributed by atoms with van der Waals surface area (Å²) in [6.07, 6.45) is 0. The second-order valence-corrected chi connectivity index (χ2v) is 6.17. The van der Waals surface area contributed by atoms with Crippen LogP contribution in [-0.4, -0.2) is 14.3 Å². The molecule has 0 saturated carbocycles. The van der Waals surface area contributed by atoms with E-state index in [-0.39, 0.29) is 16.1 Å². The molecule has 0 radical (unpaired) electrons. The van der Waals surface area contributed by atoms with Crippen molar-refractivity contribution in [2.75, 3.05) is 5.32 Å². The first-order valence-corrected chi connectivity index (χ1v) is 7.62. The molecule has 0 aliphatic heterocycles. The molecular formula is C14H12F2N2O3S. The van der Waals surface area contributed by atoms with Crippen molar-refractivity contribution in [1.82, 2.24) is 0 Å². The van der Waals surface area contributed by atoms with Gasteiger partial charge in [-0.3, -0.25) is 4.79 Å². The molecule has 0 bridgehead atoms. The van der Waals surface area contributed by atoms with Gasteiger partial charge in [0.1, 0.15) is 11.6 Å². The number of hydrogen-bond donors (Lipinski definition) is 2. The van der Waals surface area contributed by atoms with Crippen LogP contribution >= 0.6 is 0 Å². The highest BCUT2D eigenvalue weighted by molar-refractivity contribution is 7.89. The first-order chi connectivity index (χ1) is 10.2. The van der Waals surface area contributed by atoms with Crippen molar-refractivity contribution in [3.05, 3.63) is 59.2 Å². The number of hydrogen-bond acceptors (Lipinski definition) is 3. The number of primary sulfonamides is 1. The van der Waals surface area contributed by atoms with Gasteiger partial charge in [-0.05, 0) is 36.8 Å². The lowest BCUT2D eigenvalue weighted by Gasteiger charge is -2.09. The summed E-state index contributed by atoms with van der Waals surface area (Å²) >= 11 is 0. The van der Waals surface area contributed by atoms with Crippen LogP contribution in [0.15, 0.2) is 41.3 Å². The van der Waals surface area contributed by atoms with Gasteiger partial charge in [-0.1, -0.05) is 6.07 Å². The van der Waals surface area contributed by atoms with Crippen LogP contribution in [0.1, 0.15) is 15.9 Å². The highest BCUT2D eigenvalue weighted by Crippen LogP contribution is 2.20. The maximum Gasteiger partial charge on any atom is 0.255 e. The van der Waals surface area contributed by atoms with E-state index >= 15 is 0 Å². The van der Waals surface area contributed by atoms with E-state index < -0.39 is 27.6 Å². The Labute approximate surface area is 125 Å². The SMILES string of the molecule is Cc1ccc(NC(=O)c2cc(F)cc(F)c2)cc1S(N)(=O)=O. The first kappa shape index (κ1) is 16.1. The number of benzene rings is 2. The van der Waals surface area contributed by atoms with E-state index in [4.69, 9.17) is 5.14 Å². The zero-order valence-electron chi connectivity index (χ0n) is 11.4. The number of rotatable bonds is 3. The minimum Gasteiger partial charge on any atom is -0.322 e. The van der Waals surface area contributed by atoms with Crippen molar-refractivity contribution >= 4 is 21.6 Å². The van der Waals surface area contributed by atoms with Gasteiger partial charge in [-0.25, -0.2) is 22.3 Å². The predicted octanol–water partition coefficient (Wildman–Crippen LogP) is 2.17. The fourth-order valence-electron chi connectivity index (χ4n) is 1.87. The molecule has 0 atom stereocenters. The average Bonchev–Trinajstić information content (AvgIpc) is 2.38. The van der Waals surface area contributed by atoms with E-state index in [2.05, 4.69) is 5.32 Å². The van der Waals surface area contributed by atoms with Crippen LogP contribution in [0, 0.1) is 18.6 Å². The molecule has 8 heteroatoms. The van der Waals surface area contributed by atoms with Crippen molar-refractivity contribution in [2.24, 2.45) is 5.14 Å². The third kappa shape index (κ3) is 3.66. The number of sulfonamides is 1. The molecule has 2 aromatic rings. The molecule has 2 aromatic carbocycles. The molecule has 0 aliphatic rings. The number of aryl methyl sites for hydroxylation is 1. The lowest BCUT2D eigenvalue weighted by molar-refractivity contribution is 0.102. The molecule has 0 fully saturated rings. The molecule has 2 rings (SSSR count). The largest absolute Gasteiger partial charge is 0.322 e. The molecule has 22 heavy (non-hydrogen) atoms. The summed E-state index contributed by atoms with van der Waals surface area (Å²) in [5, 5.41) is 7.43. The minimum atomic E-state index is -3.94. The Morgan fingerprint density at radius 1 is 1.09 bits per heavy atom. The zero-order chi connectivity index (χ0) is 16.5. The van der Waals surface area contributed by atoms with Gasteiger partial charge in [0.15, 0.2) is 0 Å². The van der Waals surface area contributed by atoms with E-state index in [1.165, 1.54) is 18.2 Å². The summed E-state index contributed by atoms with van der Waals surface area (Å²) in [6.45, 7) is 1.55. The average molecular weight is 326 g/mol. The van der Waals surface area contributed by atoms with Gasteiger partial charge in [0.05, 0.1) is 4.90 Å². The quantitative estimate of drug-likeness (QED) is 0.906. The Kier molecular flexibility index (Phi) is 4.25. The number of carbonyl (C=O) groups is 1. The fourth-order valence-corrected chi connectivity index (χ4v) is 2.68. The number of halogens is 2. The van der Waals surface area contributed by atoms with Crippen LogP contribution in [-0.2, 0) is 10.0 Å². The van der Waals surface area contributed by atoms with E-state index in [1.807, 2.05) is 0 Å². The minimum absolute atomic E-state index is 0.143. The first-order valence-electron chi connectivity index (χ1n) is 6.08. The number of anilines is 1. The second kappa shape index (κ2) is 5.82. The third-order valence-corrected chi connectivity index (χ3v) is 3.93. The van der Waals surface area contributed by atoms with Crippen molar-refractivity contribution in [3.63, 3.8) is 0 Å². The Balaban J connectivity index is 2.33. The molecule has 0 aliphatic carbocycles. The number of amides is 1. The summed E-state index contributed by atoms with van der Waals surface area (Å²) in [7, 11) is -3.94. The Hall–Kier alpha value is -2.32. The molecule has 0 unspecified atom stereocenters. The van der Waals surface area contributed by atoms with Crippen LogP contribution in [0.25, 0.3) is 0 Å². The van der Waals surface area contributed by atoms with Crippen molar-refractivity contribution in [1.29, 1.82) is 0 Å². The molecule has 1 amide bonds. The van der Waals surface area contributed by atoms with E-state index in [0.29, 0.717) is 11.6 Å². The number of nitrogens with one attached hydrogen (secondary N) is 1. The van der Waals surface area contributed by atoms with Gasteiger partial charge in [0, 0.05) is 17.3 Å². The predicted molar refractivity (Wildman–Crippen MR) is 76.9 cm³/mol. The van der Waals surface area contributed by atoms with Gasteiger partial charge in [0.2, 0.25) is 10.0 Å². The zero-order valence-corrected chi connectivity index (χ0v) is 12.2. The van der Waals surface area contributed by atoms with Gasteiger partial charge < -0.3 is 5.32 Å². The monoisotopic (exact) mass is 326 g/mol. The Bertz CT molecular complexity index is 831. The summed E-state index contributed by atoms with van der Waals surface area (Å²) in [6, 6.07) is 6.47. The topological polar surface area (TPSA) is 89.3 Å². The van der Waals surface area contributed by atoms with Gasteiger partial charge in [-0.15, -0.1) is 0 Å². The third-order valence-electron chi connectivity index (χ3n) is 2.88. The Morgan fingerprint density at radius 3 is 2.23 bits per heavy atom. The van der Waals surface area contributed by atoms with Crippen molar-refractivity contribution in [2.45, 2.75) is 11.8 Å². The lowest BCUT2D eigenvalue weighted by atomic mass is 10.2. The summed E-state index contributed by atoms with van der Waals surface area (Å²) in [5.41, 5.74) is 0.330. The Morgan fingerprint density at radius 2 is 1.68 bits per heavy atom. The van der Waals surface area contributed by atoms with Crippen LogP contribution in [0.4, 0.5) is 14.5 Å². The van der Waals surface area contributed by atoms with E-state index in [1.54, 1.807) is 6.92 Å². The van der Waals surface area contributed by atoms with Crippen LogP contribution in [0.3, 0.4) is 0 Å². The molecule has 0 spiro atoms. The van der Waals surface area contributed by atoms with Crippen molar-refractivity contribution < 1.29 is 22.0 Å². The standard InChI is InChI=1S/C14H12F2N2O3S/c1-8-2-3-12(7-13(8)22(17,20)21)18-14(19)9-4-10(15)6-11(16)5-9/h2-7H,1H3,(H,18,19)(H2,17,20,21). The number of carbonyl (C=O) groups excluding carboxylic acids is 1. The maximum atomic E-state index is 13.1. The molecule has 5 nitrogen and oxygen atoms in total. The molecule has 0 heterocycles. The van der Waals surface area contributed by atoms with E-state index in [0.717, 1.165) is 12.1 Å². The van der Waals surface area contributed by atoms with Gasteiger partial charge in [0.25, 0.3) is 5.91 Å². The normalized spacial score (nSPS) is 11.3. The van der Waals surface area contributed by atoms with Gasteiger partial charge in [-0.2, -0.15) is 0 Å². The highest BCUT2D eigenvalue weighted by Gasteiger charge is 2.14. The molecule has 0 saturated heterocycles. The fraction of sp³-hybridized carbons (Fsp3) is 0.0714. The summed E-state index contributed by atoms with van der Waals surface area (Å²) in [4.78, 5) is 11.8. The van der Waals surface area contributed by atoms with Crippen LogP contribution in [0.5, 0.6) is 0 Å². The maximum absolute atomic E-state index is 13.1. The molecule has 0 aromatic heterocycles. The number of nitrogens with two attached hydrogens (primary N) is 1. The molecule has 116 valence electrons. The van der Waals surface area contributed by atoms with Gasteiger partial charge >= 0.3 is 0 Å². The highest BCUT2D eigenvalue weighted by atomic mass is 32.2. The van der Waals surface area contributed by atoms with Crippen LogP contribution < -0.4 is 10.5 Å². The van der Waals surface area contributed by atoms with E-state index in [9.17, 15) is 22.0 Å².